The number of carbonyl (C=O) groups is 1. The van der Waals surface area contributed by atoms with Gasteiger partial charge in [0.05, 0.1) is 6.61 Å². The molecule has 0 aliphatic rings. The zero-order valence-electron chi connectivity index (χ0n) is 12.9. The van der Waals surface area contributed by atoms with Crippen LogP contribution in [0.1, 0.15) is 20.3 Å². The van der Waals surface area contributed by atoms with Crippen LogP contribution in [0.4, 0.5) is 0 Å². The molecule has 0 bridgehead atoms. The Labute approximate surface area is 130 Å². The summed E-state index contributed by atoms with van der Waals surface area (Å²) >= 11 is 0. The summed E-state index contributed by atoms with van der Waals surface area (Å²) in [6.45, 7) is 4.07. The van der Waals surface area contributed by atoms with Crippen molar-refractivity contribution in [3.8, 4) is 11.1 Å². The number of aromatic nitrogens is 2. The van der Waals surface area contributed by atoms with Gasteiger partial charge in [-0.2, -0.15) is 0 Å². The molecule has 1 N–H and O–H groups in total. The Kier molecular flexibility index (Phi) is 5.72. The second kappa shape index (κ2) is 7.98. The first-order chi connectivity index (χ1) is 10.7. The highest BCUT2D eigenvalue weighted by molar-refractivity contribution is 5.84. The normalized spacial score (nSPS) is 9.91. The molecule has 3 rings (SSSR count). The van der Waals surface area contributed by atoms with Crippen LogP contribution in [0.15, 0.2) is 55.0 Å². The van der Waals surface area contributed by atoms with Crippen LogP contribution in [0.2, 0.25) is 0 Å². The minimum Gasteiger partial charge on any atom is -0.466 e. The Morgan fingerprint density at radius 3 is 2.68 bits per heavy atom. The number of ether oxygens (including phenoxy) is 1. The largest absolute Gasteiger partial charge is 0.466 e. The highest BCUT2D eigenvalue weighted by Gasteiger charge is 1.99. The zero-order valence-corrected chi connectivity index (χ0v) is 12.9. The molecule has 1 aromatic carbocycles. The summed E-state index contributed by atoms with van der Waals surface area (Å²) in [6, 6.07) is 12.5. The highest BCUT2D eigenvalue weighted by Crippen LogP contribution is 2.22. The van der Waals surface area contributed by atoms with Gasteiger partial charge in [-0.15, -0.1) is 0 Å². The van der Waals surface area contributed by atoms with Crippen molar-refractivity contribution in [1.29, 1.82) is 0 Å². The Hall–Kier alpha value is -2.62. The maximum absolute atomic E-state index is 10.2. The fraction of sp³-hybridized carbons (Fsp3) is 0.222. The minimum absolute atomic E-state index is 0.123. The van der Waals surface area contributed by atoms with Gasteiger partial charge in [0.25, 0.3) is 0 Å². The Balaban J connectivity index is 0.000000217. The lowest BCUT2D eigenvalue weighted by Gasteiger charge is -2.00. The van der Waals surface area contributed by atoms with Crippen LogP contribution < -0.4 is 0 Å². The molecule has 0 atom stereocenters. The molecule has 0 aliphatic heterocycles. The standard InChI is InChI=1S/C13H10N2.C5H10O2/c1-2-12(9-14-6-1)11-4-3-10-5-7-15-13(10)8-11;1-3-5(6)7-4-2/h1-9,15H;3-4H2,1-2H3. The van der Waals surface area contributed by atoms with Gasteiger partial charge in [-0.25, -0.2) is 0 Å². The fourth-order valence-electron chi connectivity index (χ4n) is 2.02. The number of esters is 1. The summed E-state index contributed by atoms with van der Waals surface area (Å²) in [5.41, 5.74) is 3.50. The van der Waals surface area contributed by atoms with Crippen molar-refractivity contribution in [3.05, 3.63) is 55.0 Å². The first-order valence-corrected chi connectivity index (χ1v) is 7.37. The average Bonchev–Trinajstić information content (AvgIpc) is 3.04. The summed E-state index contributed by atoms with van der Waals surface area (Å²) in [5.74, 6) is -0.123. The Morgan fingerprint density at radius 2 is 2.05 bits per heavy atom. The topological polar surface area (TPSA) is 55.0 Å². The van der Waals surface area contributed by atoms with Gasteiger partial charge in [-0.3, -0.25) is 9.78 Å². The van der Waals surface area contributed by atoms with E-state index in [-0.39, 0.29) is 5.97 Å². The number of nitrogens with one attached hydrogen (secondary N) is 1. The number of aromatic amines is 1. The van der Waals surface area contributed by atoms with Crippen LogP contribution in [-0.4, -0.2) is 22.5 Å². The first kappa shape index (κ1) is 15.8. The van der Waals surface area contributed by atoms with E-state index in [1.807, 2.05) is 18.5 Å². The summed E-state index contributed by atoms with van der Waals surface area (Å²) in [5, 5.41) is 1.24. The fourth-order valence-corrected chi connectivity index (χ4v) is 2.02. The smallest absolute Gasteiger partial charge is 0.305 e. The number of pyridine rings is 1. The van der Waals surface area contributed by atoms with Crippen LogP contribution in [0.3, 0.4) is 0 Å². The van der Waals surface area contributed by atoms with Gasteiger partial charge in [0, 0.05) is 36.1 Å². The third kappa shape index (κ3) is 4.19. The molecule has 114 valence electrons. The SMILES string of the molecule is CCOC(=O)CC.c1cncc(-c2ccc3cc[nH]c3c2)c1. The van der Waals surface area contributed by atoms with Crippen molar-refractivity contribution in [2.24, 2.45) is 0 Å². The quantitative estimate of drug-likeness (QED) is 0.737. The van der Waals surface area contributed by atoms with Gasteiger partial charge in [0.15, 0.2) is 0 Å². The molecule has 0 spiro atoms. The van der Waals surface area contributed by atoms with E-state index < -0.39 is 0 Å². The van der Waals surface area contributed by atoms with Gasteiger partial charge in [-0.1, -0.05) is 25.1 Å². The molecule has 4 nitrogen and oxygen atoms in total. The van der Waals surface area contributed by atoms with Crippen molar-refractivity contribution in [1.82, 2.24) is 9.97 Å². The van der Waals surface area contributed by atoms with Crippen LogP contribution in [0, 0.1) is 0 Å². The number of H-pyrrole nitrogens is 1. The second-order valence-electron chi connectivity index (χ2n) is 4.68. The molecule has 0 saturated carbocycles. The highest BCUT2D eigenvalue weighted by atomic mass is 16.5. The average molecular weight is 296 g/mol. The van der Waals surface area contributed by atoms with Gasteiger partial charge in [-0.05, 0) is 36.1 Å². The molecule has 2 aromatic heterocycles. The number of benzene rings is 1. The minimum atomic E-state index is -0.123. The number of carbonyl (C=O) groups excluding carboxylic acids is 1. The Morgan fingerprint density at radius 1 is 1.18 bits per heavy atom. The molecular formula is C18H20N2O2. The Bertz CT molecular complexity index is 720. The molecule has 0 unspecified atom stereocenters. The lowest BCUT2D eigenvalue weighted by atomic mass is 10.1. The van der Waals surface area contributed by atoms with Crippen LogP contribution in [0.5, 0.6) is 0 Å². The maximum atomic E-state index is 10.2. The monoisotopic (exact) mass is 296 g/mol. The lowest BCUT2D eigenvalue weighted by Crippen LogP contribution is -2.00. The van der Waals surface area contributed by atoms with Crippen LogP contribution >= 0.6 is 0 Å². The predicted octanol–water partition coefficient (Wildman–Crippen LogP) is 4.19. The van der Waals surface area contributed by atoms with Crippen molar-refractivity contribution in [2.45, 2.75) is 20.3 Å². The molecule has 3 aromatic rings. The number of hydrogen-bond donors (Lipinski definition) is 1. The summed E-state index contributed by atoms with van der Waals surface area (Å²) < 4.78 is 4.55. The van der Waals surface area contributed by atoms with E-state index in [9.17, 15) is 4.79 Å². The van der Waals surface area contributed by atoms with Gasteiger partial charge in [0.1, 0.15) is 0 Å². The number of nitrogens with zero attached hydrogens (tertiary/aromatic N) is 1. The molecule has 0 amide bonds. The molecule has 22 heavy (non-hydrogen) atoms. The molecule has 0 saturated heterocycles. The first-order valence-electron chi connectivity index (χ1n) is 7.37. The third-order valence-corrected chi connectivity index (χ3v) is 3.14. The van der Waals surface area contributed by atoms with Gasteiger partial charge in [0.2, 0.25) is 0 Å². The number of rotatable bonds is 3. The molecule has 0 aliphatic carbocycles. The van der Waals surface area contributed by atoms with E-state index in [1.165, 1.54) is 10.9 Å². The van der Waals surface area contributed by atoms with Gasteiger partial charge < -0.3 is 9.72 Å². The number of hydrogen-bond acceptors (Lipinski definition) is 3. The number of fused-ring (bicyclic) bond motifs is 1. The van der Waals surface area contributed by atoms with E-state index in [2.05, 4.69) is 45.0 Å². The van der Waals surface area contributed by atoms with E-state index in [0.717, 1.165) is 11.1 Å². The second-order valence-corrected chi connectivity index (χ2v) is 4.68. The summed E-state index contributed by atoms with van der Waals surface area (Å²) in [7, 11) is 0. The van der Waals surface area contributed by atoms with E-state index in [1.54, 1.807) is 20.0 Å². The summed E-state index contributed by atoms with van der Waals surface area (Å²) in [4.78, 5) is 17.5. The van der Waals surface area contributed by atoms with Gasteiger partial charge >= 0.3 is 5.97 Å². The van der Waals surface area contributed by atoms with Crippen molar-refractivity contribution in [3.63, 3.8) is 0 Å². The maximum Gasteiger partial charge on any atom is 0.305 e. The van der Waals surface area contributed by atoms with Crippen molar-refractivity contribution >= 4 is 16.9 Å². The van der Waals surface area contributed by atoms with E-state index in [0.29, 0.717) is 13.0 Å². The molecular weight excluding hydrogens is 276 g/mol. The van der Waals surface area contributed by atoms with Crippen molar-refractivity contribution < 1.29 is 9.53 Å². The molecule has 0 fully saturated rings. The molecule has 0 radical (unpaired) electrons. The molecule has 2 heterocycles. The predicted molar refractivity (Wildman–Crippen MR) is 88.5 cm³/mol. The zero-order chi connectivity index (χ0) is 15.8. The van der Waals surface area contributed by atoms with Crippen LogP contribution in [0.25, 0.3) is 22.0 Å². The van der Waals surface area contributed by atoms with Crippen LogP contribution in [-0.2, 0) is 9.53 Å². The lowest BCUT2D eigenvalue weighted by molar-refractivity contribution is -0.142. The van der Waals surface area contributed by atoms with Crippen molar-refractivity contribution in [2.75, 3.05) is 6.61 Å². The van der Waals surface area contributed by atoms with E-state index >= 15 is 0 Å². The third-order valence-electron chi connectivity index (χ3n) is 3.14. The summed E-state index contributed by atoms with van der Waals surface area (Å²) in [6.07, 6.45) is 6.10. The molecule has 4 heteroatoms. The van der Waals surface area contributed by atoms with E-state index in [4.69, 9.17) is 0 Å².